The number of aryl methyl sites for hydroxylation is 1. The first-order valence-corrected chi connectivity index (χ1v) is 10.0. The zero-order valence-electron chi connectivity index (χ0n) is 18.1. The number of nitrogens with one attached hydrogen (secondary N) is 1. The molecule has 3 aromatic rings. The summed E-state index contributed by atoms with van der Waals surface area (Å²) in [4.78, 5) is 24.7. The van der Waals surface area contributed by atoms with Crippen molar-refractivity contribution in [1.29, 1.82) is 0 Å². The molecule has 0 saturated carbocycles. The van der Waals surface area contributed by atoms with E-state index in [0.29, 0.717) is 40.5 Å². The highest BCUT2D eigenvalue weighted by Crippen LogP contribution is 2.29. The average Bonchev–Trinajstić information content (AvgIpc) is 2.81. The highest BCUT2D eigenvalue weighted by Gasteiger charge is 2.13. The van der Waals surface area contributed by atoms with Gasteiger partial charge in [0.1, 0.15) is 5.75 Å². The van der Waals surface area contributed by atoms with Crippen LogP contribution in [0.4, 0.5) is 0 Å². The molecule has 7 nitrogen and oxygen atoms in total. The number of hydrogen-bond acceptors (Lipinski definition) is 6. The molecule has 7 heteroatoms. The van der Waals surface area contributed by atoms with Crippen LogP contribution in [0.15, 0.2) is 71.8 Å². The number of benzene rings is 3. The Bertz CT molecular complexity index is 1120. The van der Waals surface area contributed by atoms with Crippen LogP contribution in [0.5, 0.6) is 17.2 Å². The van der Waals surface area contributed by atoms with Gasteiger partial charge in [-0.3, -0.25) is 4.79 Å². The highest BCUT2D eigenvalue weighted by atomic mass is 16.6. The van der Waals surface area contributed by atoms with E-state index in [4.69, 9.17) is 14.2 Å². The maximum atomic E-state index is 12.4. The monoisotopic (exact) mass is 432 g/mol. The van der Waals surface area contributed by atoms with Crippen LogP contribution in [0.3, 0.4) is 0 Å². The molecule has 1 N–H and O–H groups in total. The van der Waals surface area contributed by atoms with Gasteiger partial charge in [0.2, 0.25) is 0 Å². The van der Waals surface area contributed by atoms with Gasteiger partial charge in [0.25, 0.3) is 5.91 Å². The minimum absolute atomic E-state index is 0.301. The molecule has 0 aliphatic rings. The largest absolute Gasteiger partial charge is 0.497 e. The molecular weight excluding hydrogens is 408 g/mol. The third kappa shape index (κ3) is 5.95. The van der Waals surface area contributed by atoms with E-state index in [1.165, 1.54) is 13.3 Å². The van der Waals surface area contributed by atoms with Crippen LogP contribution in [0.1, 0.15) is 38.8 Å². The normalized spacial score (nSPS) is 10.6. The van der Waals surface area contributed by atoms with Crippen molar-refractivity contribution in [2.75, 3.05) is 13.7 Å². The lowest BCUT2D eigenvalue weighted by Gasteiger charge is -2.11. The lowest BCUT2D eigenvalue weighted by atomic mass is 10.1. The lowest BCUT2D eigenvalue weighted by molar-refractivity contribution is 0.0728. The van der Waals surface area contributed by atoms with Gasteiger partial charge in [0.05, 0.1) is 25.5 Å². The quantitative estimate of drug-likeness (QED) is 0.247. The number of rotatable bonds is 8. The van der Waals surface area contributed by atoms with Crippen molar-refractivity contribution in [3.05, 3.63) is 89.0 Å². The fourth-order valence-electron chi connectivity index (χ4n) is 2.80. The fraction of sp³-hybridized carbons (Fsp3) is 0.160. The van der Waals surface area contributed by atoms with E-state index in [2.05, 4.69) is 10.5 Å². The van der Waals surface area contributed by atoms with Crippen molar-refractivity contribution in [2.45, 2.75) is 13.8 Å². The molecular formula is C25H24N2O5. The minimum Gasteiger partial charge on any atom is -0.497 e. The molecule has 0 aromatic heterocycles. The van der Waals surface area contributed by atoms with E-state index in [9.17, 15) is 9.59 Å². The Balaban J connectivity index is 1.69. The van der Waals surface area contributed by atoms with Crippen molar-refractivity contribution in [2.24, 2.45) is 5.10 Å². The summed E-state index contributed by atoms with van der Waals surface area (Å²) in [5.41, 5.74) is 5.06. The van der Waals surface area contributed by atoms with Crippen LogP contribution >= 0.6 is 0 Å². The van der Waals surface area contributed by atoms with Gasteiger partial charge in [-0.1, -0.05) is 23.8 Å². The third-order valence-electron chi connectivity index (χ3n) is 4.47. The molecule has 164 valence electrons. The second-order valence-electron chi connectivity index (χ2n) is 6.83. The van der Waals surface area contributed by atoms with Crippen molar-refractivity contribution in [1.82, 2.24) is 5.43 Å². The van der Waals surface area contributed by atoms with E-state index in [1.54, 1.807) is 54.6 Å². The predicted molar refractivity (Wildman–Crippen MR) is 122 cm³/mol. The number of carbonyl (C=O) groups is 2. The van der Waals surface area contributed by atoms with Crippen molar-refractivity contribution in [3.63, 3.8) is 0 Å². The molecule has 0 bridgehead atoms. The first-order chi connectivity index (χ1) is 15.5. The molecule has 0 aliphatic carbocycles. The summed E-state index contributed by atoms with van der Waals surface area (Å²) in [6.45, 7) is 4.17. The van der Waals surface area contributed by atoms with Gasteiger partial charge < -0.3 is 14.2 Å². The lowest BCUT2D eigenvalue weighted by Crippen LogP contribution is -2.17. The van der Waals surface area contributed by atoms with E-state index in [-0.39, 0.29) is 5.91 Å². The summed E-state index contributed by atoms with van der Waals surface area (Å²) in [6.07, 6.45) is 1.48. The number of amides is 1. The van der Waals surface area contributed by atoms with Gasteiger partial charge in [-0.2, -0.15) is 5.10 Å². The van der Waals surface area contributed by atoms with E-state index >= 15 is 0 Å². The predicted octanol–water partition coefficient (Wildman–Crippen LogP) is 4.39. The number of esters is 1. The Kier molecular flexibility index (Phi) is 7.59. The molecule has 32 heavy (non-hydrogen) atoms. The second-order valence-corrected chi connectivity index (χ2v) is 6.83. The van der Waals surface area contributed by atoms with Crippen molar-refractivity contribution >= 4 is 18.1 Å². The number of ether oxygens (including phenoxy) is 3. The molecule has 0 atom stereocenters. The Labute approximate surface area is 186 Å². The van der Waals surface area contributed by atoms with Crippen LogP contribution in [0, 0.1) is 6.92 Å². The number of methoxy groups -OCH3 is 1. The van der Waals surface area contributed by atoms with Crippen LogP contribution in [-0.4, -0.2) is 31.8 Å². The Hall–Kier alpha value is -4.13. The van der Waals surface area contributed by atoms with Gasteiger partial charge in [0, 0.05) is 5.56 Å². The summed E-state index contributed by atoms with van der Waals surface area (Å²) >= 11 is 0. The van der Waals surface area contributed by atoms with Crippen LogP contribution in [0.25, 0.3) is 0 Å². The summed E-state index contributed by atoms with van der Waals surface area (Å²) in [5.74, 6) is 0.441. The third-order valence-corrected chi connectivity index (χ3v) is 4.47. The van der Waals surface area contributed by atoms with Gasteiger partial charge >= 0.3 is 5.97 Å². The maximum Gasteiger partial charge on any atom is 0.343 e. The molecule has 3 aromatic carbocycles. The zero-order valence-corrected chi connectivity index (χ0v) is 18.1. The standard InChI is InChI=1S/C25H24N2O5/c1-4-31-23-14-18(16-26-27-24(28)20-6-5-7-21(15-20)30-3)10-13-22(23)32-25(29)19-11-8-17(2)9-12-19/h5-16H,4H2,1-3H3,(H,27,28)/b26-16+. The number of nitrogens with zero attached hydrogens (tertiary/aromatic N) is 1. The van der Waals surface area contributed by atoms with Crippen molar-refractivity contribution in [3.8, 4) is 17.2 Å². The van der Waals surface area contributed by atoms with Gasteiger partial charge in [-0.05, 0) is 67.9 Å². The Morgan fingerprint density at radius 1 is 0.969 bits per heavy atom. The average molecular weight is 432 g/mol. The summed E-state index contributed by atoms with van der Waals surface area (Å²) < 4.78 is 16.2. The van der Waals surface area contributed by atoms with Crippen molar-refractivity contribution < 1.29 is 23.8 Å². The van der Waals surface area contributed by atoms with Crippen LogP contribution in [-0.2, 0) is 0 Å². The first kappa shape index (κ1) is 22.6. The van der Waals surface area contributed by atoms with Gasteiger partial charge in [-0.25, -0.2) is 10.2 Å². The van der Waals surface area contributed by atoms with Gasteiger partial charge in [0.15, 0.2) is 11.5 Å². The second kappa shape index (κ2) is 10.8. The summed E-state index contributed by atoms with van der Waals surface area (Å²) in [7, 11) is 1.53. The fourth-order valence-corrected chi connectivity index (χ4v) is 2.80. The van der Waals surface area contributed by atoms with E-state index in [0.717, 1.165) is 5.56 Å². The molecule has 0 heterocycles. The Morgan fingerprint density at radius 2 is 1.75 bits per heavy atom. The summed E-state index contributed by atoms with van der Waals surface area (Å²) in [5, 5.41) is 3.99. The molecule has 1 amide bonds. The molecule has 0 spiro atoms. The number of hydrazone groups is 1. The molecule has 0 saturated heterocycles. The van der Waals surface area contributed by atoms with Crippen LogP contribution < -0.4 is 19.6 Å². The first-order valence-electron chi connectivity index (χ1n) is 10.0. The minimum atomic E-state index is -0.474. The SMILES string of the molecule is CCOc1cc(/C=N/NC(=O)c2cccc(OC)c2)ccc1OC(=O)c1ccc(C)cc1. The Morgan fingerprint density at radius 3 is 2.47 bits per heavy atom. The molecule has 0 radical (unpaired) electrons. The molecule has 3 rings (SSSR count). The molecule has 0 aliphatic heterocycles. The van der Waals surface area contributed by atoms with E-state index in [1.807, 2.05) is 26.0 Å². The summed E-state index contributed by atoms with van der Waals surface area (Å²) in [6, 6.07) is 18.9. The van der Waals surface area contributed by atoms with Gasteiger partial charge in [-0.15, -0.1) is 0 Å². The number of hydrogen-bond donors (Lipinski definition) is 1. The topological polar surface area (TPSA) is 86.2 Å². The van der Waals surface area contributed by atoms with Crippen LogP contribution in [0.2, 0.25) is 0 Å². The molecule has 0 unspecified atom stereocenters. The highest BCUT2D eigenvalue weighted by molar-refractivity contribution is 5.95. The van der Waals surface area contributed by atoms with E-state index < -0.39 is 5.97 Å². The molecule has 0 fully saturated rings. The number of carbonyl (C=O) groups excluding carboxylic acids is 2. The smallest absolute Gasteiger partial charge is 0.343 e. The zero-order chi connectivity index (χ0) is 22.9. The maximum absolute atomic E-state index is 12.4.